The van der Waals surface area contributed by atoms with Crippen LogP contribution in [-0.2, 0) is 4.74 Å². The third-order valence-corrected chi connectivity index (χ3v) is 3.87. The van der Waals surface area contributed by atoms with Crippen molar-refractivity contribution in [2.75, 3.05) is 7.11 Å². The van der Waals surface area contributed by atoms with E-state index in [4.69, 9.17) is 9.47 Å². The summed E-state index contributed by atoms with van der Waals surface area (Å²) in [6.45, 7) is 0. The van der Waals surface area contributed by atoms with Gasteiger partial charge in [0.05, 0.1) is 6.10 Å². The van der Waals surface area contributed by atoms with Gasteiger partial charge in [0.2, 0.25) is 0 Å². The molecule has 1 fully saturated rings. The fourth-order valence-corrected chi connectivity index (χ4v) is 2.74. The van der Waals surface area contributed by atoms with Crippen molar-refractivity contribution in [3.63, 3.8) is 0 Å². The lowest BCUT2D eigenvalue weighted by atomic mass is 9.95. The molecule has 1 saturated carbocycles. The molecule has 19 heavy (non-hydrogen) atoms. The molecule has 1 N–H and O–H groups in total. The Labute approximate surface area is 120 Å². The summed E-state index contributed by atoms with van der Waals surface area (Å²) in [4.78, 5) is 11.2. The normalized spacial score (nSPS) is 23.1. The average Bonchev–Trinajstić information content (AvgIpc) is 2.41. The number of hydrogen-bond acceptors (Lipinski definition) is 3. The highest BCUT2D eigenvalue weighted by atomic mass is 79.9. The molecule has 5 heteroatoms. The number of rotatable bonds is 4. The van der Waals surface area contributed by atoms with E-state index in [0.29, 0.717) is 5.75 Å². The van der Waals surface area contributed by atoms with E-state index in [9.17, 15) is 9.90 Å². The van der Waals surface area contributed by atoms with E-state index in [1.807, 2.05) is 0 Å². The minimum absolute atomic E-state index is 0.0259. The van der Waals surface area contributed by atoms with Crippen molar-refractivity contribution in [1.29, 1.82) is 0 Å². The molecule has 0 radical (unpaired) electrons. The summed E-state index contributed by atoms with van der Waals surface area (Å²) in [5.41, 5.74) is 0.189. The zero-order valence-corrected chi connectivity index (χ0v) is 12.4. The van der Waals surface area contributed by atoms with Crippen LogP contribution in [-0.4, -0.2) is 30.4 Å². The second-order valence-corrected chi connectivity index (χ2v) is 5.63. The number of benzene rings is 1. The van der Waals surface area contributed by atoms with Gasteiger partial charge in [-0.25, -0.2) is 4.79 Å². The van der Waals surface area contributed by atoms with Crippen LogP contribution in [0.4, 0.5) is 0 Å². The van der Waals surface area contributed by atoms with Crippen molar-refractivity contribution < 1.29 is 19.4 Å². The summed E-state index contributed by atoms with van der Waals surface area (Å²) < 4.78 is 11.9. The predicted molar refractivity (Wildman–Crippen MR) is 74.8 cm³/mol. The minimum Gasteiger partial charge on any atom is -0.489 e. The van der Waals surface area contributed by atoms with Crippen LogP contribution in [0.1, 0.15) is 36.0 Å². The zero-order valence-electron chi connectivity index (χ0n) is 10.8. The van der Waals surface area contributed by atoms with E-state index in [0.717, 1.165) is 30.2 Å². The van der Waals surface area contributed by atoms with Gasteiger partial charge in [-0.1, -0.05) is 15.9 Å². The SMILES string of the molecule is COC1CCCC(Oc2ccc(Br)cc2C(=O)O)C1. The molecule has 0 aromatic heterocycles. The molecule has 2 rings (SSSR count). The fraction of sp³-hybridized carbons (Fsp3) is 0.500. The Bertz CT molecular complexity index is 461. The Hall–Kier alpha value is -1.07. The summed E-state index contributed by atoms with van der Waals surface area (Å²) >= 11 is 3.27. The molecular weight excluding hydrogens is 312 g/mol. The largest absolute Gasteiger partial charge is 0.489 e. The van der Waals surface area contributed by atoms with Gasteiger partial charge in [-0.2, -0.15) is 0 Å². The third kappa shape index (κ3) is 3.70. The Morgan fingerprint density at radius 1 is 1.37 bits per heavy atom. The quantitative estimate of drug-likeness (QED) is 0.919. The van der Waals surface area contributed by atoms with Gasteiger partial charge in [-0.05, 0) is 37.5 Å². The smallest absolute Gasteiger partial charge is 0.339 e. The van der Waals surface area contributed by atoms with Crippen molar-refractivity contribution in [2.45, 2.75) is 37.9 Å². The van der Waals surface area contributed by atoms with Gasteiger partial charge in [0, 0.05) is 18.0 Å². The van der Waals surface area contributed by atoms with Crippen LogP contribution in [0.5, 0.6) is 5.75 Å². The van der Waals surface area contributed by atoms with Crippen molar-refractivity contribution >= 4 is 21.9 Å². The number of ether oxygens (including phenoxy) is 2. The molecule has 0 saturated heterocycles. The molecule has 0 spiro atoms. The number of carbonyl (C=O) groups is 1. The lowest BCUT2D eigenvalue weighted by molar-refractivity contribution is 0.0204. The maximum atomic E-state index is 11.2. The Kier molecular flexibility index (Phi) is 4.82. The van der Waals surface area contributed by atoms with Gasteiger partial charge in [-0.3, -0.25) is 0 Å². The van der Waals surface area contributed by atoms with Crippen molar-refractivity contribution in [3.05, 3.63) is 28.2 Å². The lowest BCUT2D eigenvalue weighted by Crippen LogP contribution is -2.29. The minimum atomic E-state index is -0.976. The van der Waals surface area contributed by atoms with Gasteiger partial charge >= 0.3 is 5.97 Å². The van der Waals surface area contributed by atoms with Gasteiger partial charge in [0.1, 0.15) is 17.4 Å². The maximum Gasteiger partial charge on any atom is 0.339 e. The van der Waals surface area contributed by atoms with Crippen LogP contribution >= 0.6 is 15.9 Å². The van der Waals surface area contributed by atoms with E-state index in [1.165, 1.54) is 0 Å². The van der Waals surface area contributed by atoms with Gasteiger partial charge in [0.15, 0.2) is 0 Å². The summed E-state index contributed by atoms with van der Waals surface area (Å²) in [5.74, 6) is -0.548. The number of carboxylic acids is 1. The summed E-state index contributed by atoms with van der Waals surface area (Å²) in [5, 5.41) is 9.19. The molecule has 0 heterocycles. The van der Waals surface area contributed by atoms with Crippen molar-refractivity contribution in [2.24, 2.45) is 0 Å². The van der Waals surface area contributed by atoms with Gasteiger partial charge in [-0.15, -0.1) is 0 Å². The molecule has 0 bridgehead atoms. The standard InChI is InChI=1S/C14H17BrO4/c1-18-10-3-2-4-11(8-10)19-13-6-5-9(15)7-12(13)14(16)17/h5-7,10-11H,2-4,8H2,1H3,(H,16,17). The molecular formula is C14H17BrO4. The van der Waals surface area contributed by atoms with E-state index >= 15 is 0 Å². The molecule has 1 aromatic carbocycles. The second kappa shape index (κ2) is 6.39. The molecule has 4 nitrogen and oxygen atoms in total. The number of carboxylic acid groups (broad SMARTS) is 1. The van der Waals surface area contributed by atoms with Crippen LogP contribution in [0.15, 0.2) is 22.7 Å². The van der Waals surface area contributed by atoms with Crippen LogP contribution in [0.2, 0.25) is 0 Å². The molecule has 2 unspecified atom stereocenters. The van der Waals surface area contributed by atoms with E-state index in [1.54, 1.807) is 25.3 Å². The summed E-state index contributed by atoms with van der Waals surface area (Å²) in [6.07, 6.45) is 4.08. The van der Waals surface area contributed by atoms with Crippen LogP contribution in [0.25, 0.3) is 0 Å². The first-order valence-corrected chi connectivity index (χ1v) is 7.11. The monoisotopic (exact) mass is 328 g/mol. The number of aromatic carboxylic acids is 1. The number of methoxy groups -OCH3 is 1. The molecule has 1 aromatic rings. The molecule has 1 aliphatic rings. The topological polar surface area (TPSA) is 55.8 Å². The molecule has 2 atom stereocenters. The van der Waals surface area contributed by atoms with E-state index in [-0.39, 0.29) is 17.8 Å². The zero-order chi connectivity index (χ0) is 13.8. The van der Waals surface area contributed by atoms with Crippen LogP contribution in [0.3, 0.4) is 0 Å². The number of hydrogen-bond donors (Lipinski definition) is 1. The highest BCUT2D eigenvalue weighted by Crippen LogP contribution is 2.29. The van der Waals surface area contributed by atoms with E-state index < -0.39 is 5.97 Å². The van der Waals surface area contributed by atoms with Gasteiger partial charge in [0.25, 0.3) is 0 Å². The Morgan fingerprint density at radius 3 is 2.79 bits per heavy atom. The second-order valence-electron chi connectivity index (χ2n) is 4.71. The van der Waals surface area contributed by atoms with Crippen LogP contribution < -0.4 is 4.74 Å². The van der Waals surface area contributed by atoms with Crippen molar-refractivity contribution in [1.82, 2.24) is 0 Å². The van der Waals surface area contributed by atoms with Crippen molar-refractivity contribution in [3.8, 4) is 5.75 Å². The van der Waals surface area contributed by atoms with Gasteiger partial charge < -0.3 is 14.6 Å². The highest BCUT2D eigenvalue weighted by molar-refractivity contribution is 9.10. The first-order valence-electron chi connectivity index (χ1n) is 6.32. The maximum absolute atomic E-state index is 11.2. The van der Waals surface area contributed by atoms with E-state index in [2.05, 4.69) is 15.9 Å². The fourth-order valence-electron chi connectivity index (χ4n) is 2.37. The average molecular weight is 329 g/mol. The molecule has 1 aliphatic carbocycles. The molecule has 0 aliphatic heterocycles. The highest BCUT2D eigenvalue weighted by Gasteiger charge is 2.24. The molecule has 104 valence electrons. The number of halogens is 1. The predicted octanol–water partition coefficient (Wildman–Crippen LogP) is 3.48. The lowest BCUT2D eigenvalue weighted by Gasteiger charge is -2.29. The molecule has 0 amide bonds. The summed E-state index contributed by atoms with van der Waals surface area (Å²) in [6, 6.07) is 5.05. The third-order valence-electron chi connectivity index (χ3n) is 3.38. The van der Waals surface area contributed by atoms with Crippen LogP contribution in [0, 0.1) is 0 Å². The first-order chi connectivity index (χ1) is 9.10. The summed E-state index contributed by atoms with van der Waals surface area (Å²) in [7, 11) is 1.70. The first kappa shape index (κ1) is 14.3. The Balaban J connectivity index is 2.12. The Morgan fingerprint density at radius 2 is 2.11 bits per heavy atom.